The number of nitrogens with one attached hydrogen (secondary N) is 1. The zero-order valence-electron chi connectivity index (χ0n) is 14.2. The molecular weight excluding hydrogens is 330 g/mol. The summed E-state index contributed by atoms with van der Waals surface area (Å²) < 4.78 is 3.62. The van der Waals surface area contributed by atoms with Gasteiger partial charge in [0.05, 0.1) is 16.7 Å². The second-order valence-corrected chi connectivity index (χ2v) is 5.86. The van der Waals surface area contributed by atoms with Crippen LogP contribution in [0.15, 0.2) is 54.9 Å². The summed E-state index contributed by atoms with van der Waals surface area (Å²) >= 11 is 0. The Morgan fingerprint density at radius 3 is 2.88 bits per heavy atom. The van der Waals surface area contributed by atoms with Gasteiger partial charge in [0.2, 0.25) is 0 Å². The quantitative estimate of drug-likeness (QED) is 0.594. The topological polar surface area (TPSA) is 90.5 Å². The smallest absolute Gasteiger partial charge is 0.251 e. The van der Waals surface area contributed by atoms with Gasteiger partial charge in [-0.1, -0.05) is 18.2 Å². The molecular formula is C18H17N7O. The molecule has 8 nitrogen and oxygen atoms in total. The van der Waals surface area contributed by atoms with Crippen molar-refractivity contribution in [1.82, 2.24) is 35.1 Å². The van der Waals surface area contributed by atoms with Crippen molar-refractivity contribution in [3.8, 4) is 5.69 Å². The Labute approximate surface area is 149 Å². The van der Waals surface area contributed by atoms with E-state index in [0.29, 0.717) is 18.7 Å². The van der Waals surface area contributed by atoms with Crippen molar-refractivity contribution in [2.24, 2.45) is 0 Å². The zero-order valence-corrected chi connectivity index (χ0v) is 14.2. The van der Waals surface area contributed by atoms with Crippen LogP contribution in [-0.2, 0) is 6.54 Å². The first-order valence-corrected chi connectivity index (χ1v) is 8.26. The Kier molecular flexibility index (Phi) is 4.14. The maximum Gasteiger partial charge on any atom is 0.251 e. The lowest BCUT2D eigenvalue weighted by Gasteiger charge is -2.09. The number of carbonyl (C=O) groups is 1. The molecule has 2 heterocycles. The Hall–Kier alpha value is -3.55. The summed E-state index contributed by atoms with van der Waals surface area (Å²) in [5.74, 6) is 0.795. The van der Waals surface area contributed by atoms with Crippen molar-refractivity contribution in [3.05, 3.63) is 66.2 Å². The molecule has 2 aromatic heterocycles. The Balaban J connectivity index is 1.44. The molecule has 4 aromatic rings. The third kappa shape index (κ3) is 3.04. The highest BCUT2D eigenvalue weighted by molar-refractivity contribution is 5.94. The van der Waals surface area contributed by atoms with Gasteiger partial charge in [-0.2, -0.15) is 0 Å². The van der Waals surface area contributed by atoms with Crippen LogP contribution in [-0.4, -0.2) is 42.2 Å². The number of tetrazole rings is 1. The molecule has 4 rings (SSSR count). The largest absolute Gasteiger partial charge is 0.350 e. The number of nitrogens with zero attached hydrogens (tertiary/aromatic N) is 6. The fraction of sp³-hybridized carbons (Fsp3) is 0.167. The van der Waals surface area contributed by atoms with E-state index in [4.69, 9.17) is 0 Å². The molecule has 0 aliphatic carbocycles. The molecule has 0 spiro atoms. The molecule has 0 fully saturated rings. The van der Waals surface area contributed by atoms with Crippen molar-refractivity contribution in [2.45, 2.75) is 13.5 Å². The lowest BCUT2D eigenvalue weighted by Crippen LogP contribution is -2.27. The maximum absolute atomic E-state index is 12.4. The molecule has 130 valence electrons. The van der Waals surface area contributed by atoms with Crippen LogP contribution in [0, 0.1) is 6.92 Å². The van der Waals surface area contributed by atoms with E-state index in [-0.39, 0.29) is 5.91 Å². The van der Waals surface area contributed by atoms with Gasteiger partial charge in [-0.15, -0.1) is 5.10 Å². The van der Waals surface area contributed by atoms with Gasteiger partial charge in [0.15, 0.2) is 0 Å². The second-order valence-electron chi connectivity index (χ2n) is 5.86. The summed E-state index contributed by atoms with van der Waals surface area (Å²) in [5, 5.41) is 14.0. The Bertz CT molecular complexity index is 1050. The SMILES string of the molecule is Cc1nc2ccccc2n1CCNC(=O)c1cccc(-n2cnnn2)c1. The van der Waals surface area contributed by atoms with Crippen LogP contribution in [0.2, 0.25) is 0 Å². The van der Waals surface area contributed by atoms with Gasteiger partial charge in [0.1, 0.15) is 12.2 Å². The number of rotatable bonds is 5. The Morgan fingerprint density at radius 2 is 2.04 bits per heavy atom. The minimum Gasteiger partial charge on any atom is -0.350 e. The average molecular weight is 347 g/mol. The summed E-state index contributed by atoms with van der Waals surface area (Å²) in [4.78, 5) is 17.0. The van der Waals surface area contributed by atoms with Crippen LogP contribution < -0.4 is 5.32 Å². The third-order valence-corrected chi connectivity index (χ3v) is 4.19. The summed E-state index contributed by atoms with van der Waals surface area (Å²) in [7, 11) is 0. The van der Waals surface area contributed by atoms with E-state index in [0.717, 1.165) is 22.5 Å². The highest BCUT2D eigenvalue weighted by Gasteiger charge is 2.09. The summed E-state index contributed by atoms with van der Waals surface area (Å²) in [5.41, 5.74) is 3.33. The monoisotopic (exact) mass is 347 g/mol. The van der Waals surface area contributed by atoms with Gasteiger partial charge in [0, 0.05) is 18.7 Å². The minimum atomic E-state index is -0.137. The first-order chi connectivity index (χ1) is 12.7. The van der Waals surface area contributed by atoms with Gasteiger partial charge in [0.25, 0.3) is 5.91 Å². The van der Waals surface area contributed by atoms with Crippen LogP contribution in [0.5, 0.6) is 0 Å². The average Bonchev–Trinajstić information content (AvgIpc) is 3.30. The molecule has 0 atom stereocenters. The van der Waals surface area contributed by atoms with Crippen molar-refractivity contribution in [2.75, 3.05) is 6.54 Å². The maximum atomic E-state index is 12.4. The molecule has 0 aliphatic rings. The molecule has 0 saturated heterocycles. The van der Waals surface area contributed by atoms with E-state index >= 15 is 0 Å². The highest BCUT2D eigenvalue weighted by atomic mass is 16.1. The van der Waals surface area contributed by atoms with Gasteiger partial charge in [-0.3, -0.25) is 4.79 Å². The molecule has 1 amide bonds. The van der Waals surface area contributed by atoms with Gasteiger partial charge < -0.3 is 9.88 Å². The fourth-order valence-electron chi connectivity index (χ4n) is 2.93. The van der Waals surface area contributed by atoms with E-state index in [1.807, 2.05) is 37.3 Å². The second kappa shape index (κ2) is 6.75. The molecule has 26 heavy (non-hydrogen) atoms. The van der Waals surface area contributed by atoms with E-state index in [2.05, 4.69) is 30.4 Å². The van der Waals surface area contributed by atoms with E-state index in [9.17, 15) is 4.79 Å². The molecule has 8 heteroatoms. The molecule has 0 unspecified atom stereocenters. The molecule has 0 saturated carbocycles. The molecule has 0 aliphatic heterocycles. The standard InChI is InChI=1S/C18H17N7O/c1-13-21-16-7-2-3-8-17(16)24(13)10-9-19-18(26)14-5-4-6-15(11-14)25-12-20-22-23-25/h2-8,11-12H,9-10H2,1H3,(H,19,26). The first-order valence-electron chi connectivity index (χ1n) is 8.26. The minimum absolute atomic E-state index is 0.137. The third-order valence-electron chi connectivity index (χ3n) is 4.19. The number of hydrogen-bond donors (Lipinski definition) is 1. The number of aryl methyl sites for hydroxylation is 1. The summed E-state index contributed by atoms with van der Waals surface area (Å²) in [6, 6.07) is 15.1. The van der Waals surface area contributed by atoms with Crippen LogP contribution in [0.25, 0.3) is 16.7 Å². The van der Waals surface area contributed by atoms with Crippen LogP contribution in [0.3, 0.4) is 0 Å². The first kappa shape index (κ1) is 15.9. The van der Waals surface area contributed by atoms with E-state index < -0.39 is 0 Å². The fourth-order valence-corrected chi connectivity index (χ4v) is 2.93. The Morgan fingerprint density at radius 1 is 1.15 bits per heavy atom. The van der Waals surface area contributed by atoms with Crippen molar-refractivity contribution >= 4 is 16.9 Å². The highest BCUT2D eigenvalue weighted by Crippen LogP contribution is 2.15. The number of hydrogen-bond acceptors (Lipinski definition) is 5. The predicted octanol–water partition coefficient (Wildman–Crippen LogP) is 1.75. The molecule has 2 aromatic carbocycles. The number of aromatic nitrogens is 6. The lowest BCUT2D eigenvalue weighted by atomic mass is 10.2. The number of carbonyl (C=O) groups excluding carboxylic acids is 1. The van der Waals surface area contributed by atoms with Crippen LogP contribution in [0.4, 0.5) is 0 Å². The summed E-state index contributed by atoms with van der Waals surface area (Å²) in [6.07, 6.45) is 1.49. The number of benzene rings is 2. The zero-order chi connectivity index (χ0) is 17.9. The van der Waals surface area contributed by atoms with Gasteiger partial charge in [-0.25, -0.2) is 9.67 Å². The summed E-state index contributed by atoms with van der Waals surface area (Å²) in [6.45, 7) is 3.14. The number of para-hydroxylation sites is 2. The van der Waals surface area contributed by atoms with Crippen molar-refractivity contribution in [1.29, 1.82) is 0 Å². The van der Waals surface area contributed by atoms with Crippen molar-refractivity contribution in [3.63, 3.8) is 0 Å². The van der Waals surface area contributed by atoms with Crippen molar-refractivity contribution < 1.29 is 4.79 Å². The van der Waals surface area contributed by atoms with Gasteiger partial charge in [-0.05, 0) is 47.7 Å². The normalized spacial score (nSPS) is 11.0. The van der Waals surface area contributed by atoms with E-state index in [1.54, 1.807) is 18.2 Å². The van der Waals surface area contributed by atoms with Crippen LogP contribution in [0.1, 0.15) is 16.2 Å². The van der Waals surface area contributed by atoms with E-state index in [1.165, 1.54) is 11.0 Å². The predicted molar refractivity (Wildman–Crippen MR) is 96.0 cm³/mol. The number of imidazole rings is 1. The molecule has 0 radical (unpaired) electrons. The number of amides is 1. The molecule has 0 bridgehead atoms. The number of fused-ring (bicyclic) bond motifs is 1. The molecule has 1 N–H and O–H groups in total. The van der Waals surface area contributed by atoms with Gasteiger partial charge >= 0.3 is 0 Å². The lowest BCUT2D eigenvalue weighted by molar-refractivity contribution is 0.0952. The van der Waals surface area contributed by atoms with Crippen LogP contribution >= 0.6 is 0 Å².